The van der Waals surface area contributed by atoms with Gasteiger partial charge in [-0.2, -0.15) is 13.2 Å². The number of nitrogens with zero attached hydrogens (tertiary/aromatic N) is 1. The van der Waals surface area contributed by atoms with Crippen molar-refractivity contribution >= 4 is 33.5 Å². The van der Waals surface area contributed by atoms with Crippen LogP contribution >= 0.6 is 0 Å². The van der Waals surface area contributed by atoms with Gasteiger partial charge in [-0.3, -0.25) is 0 Å². The third-order valence-electron chi connectivity index (χ3n) is 4.65. The summed E-state index contributed by atoms with van der Waals surface area (Å²) in [5, 5.41) is 13.6. The summed E-state index contributed by atoms with van der Waals surface area (Å²) in [6.45, 7) is 0. The highest BCUT2D eigenvalue weighted by atomic mass is 19.4. The van der Waals surface area contributed by atoms with Gasteiger partial charge in [0.2, 0.25) is 0 Å². The number of nitrogens with one attached hydrogen (secondary N) is 2. The van der Waals surface area contributed by atoms with Gasteiger partial charge < -0.3 is 19.8 Å². The quantitative estimate of drug-likeness (QED) is 0.322. The molecule has 2 heterocycles. The highest BCUT2D eigenvalue weighted by Gasteiger charge is 2.34. The summed E-state index contributed by atoms with van der Waals surface area (Å²) < 4.78 is 44.6. The maximum Gasteiger partial charge on any atom is 0.418 e. The lowest BCUT2D eigenvalue weighted by molar-refractivity contribution is -0.136. The molecule has 0 aliphatic heterocycles. The number of para-hydroxylation sites is 1. The van der Waals surface area contributed by atoms with Crippen molar-refractivity contribution in [1.82, 2.24) is 9.97 Å². The van der Waals surface area contributed by atoms with Gasteiger partial charge in [0.25, 0.3) is 0 Å². The smallest absolute Gasteiger partial charge is 0.418 e. The molecular formula is C19H12F3N3O4. The van der Waals surface area contributed by atoms with Crippen molar-refractivity contribution in [2.24, 2.45) is 5.18 Å². The Bertz CT molecular complexity index is 1290. The molecule has 0 bridgehead atoms. The van der Waals surface area contributed by atoms with Gasteiger partial charge in [-0.05, 0) is 29.4 Å². The Balaban J connectivity index is 2.02. The van der Waals surface area contributed by atoms with Crippen molar-refractivity contribution in [3.63, 3.8) is 0 Å². The van der Waals surface area contributed by atoms with Gasteiger partial charge in [0.05, 0.1) is 35.0 Å². The number of esters is 1. The number of aromatic amines is 2. The number of alkyl halides is 3. The molecule has 148 valence electrons. The Morgan fingerprint density at radius 2 is 1.90 bits per heavy atom. The van der Waals surface area contributed by atoms with Crippen LogP contribution in [0, 0.1) is 4.91 Å². The van der Waals surface area contributed by atoms with E-state index in [4.69, 9.17) is 0 Å². The maximum atomic E-state index is 13.3. The predicted molar refractivity (Wildman–Crippen MR) is 99.1 cm³/mol. The number of hydrogen-bond acceptors (Lipinski definition) is 5. The van der Waals surface area contributed by atoms with E-state index in [1.54, 1.807) is 0 Å². The van der Waals surface area contributed by atoms with Gasteiger partial charge in [0.15, 0.2) is 5.88 Å². The molecule has 29 heavy (non-hydrogen) atoms. The summed E-state index contributed by atoms with van der Waals surface area (Å²) in [4.78, 5) is 28.5. The number of halogens is 3. The van der Waals surface area contributed by atoms with Crippen LogP contribution in [0.15, 0.2) is 41.6 Å². The Morgan fingerprint density at radius 3 is 2.55 bits per heavy atom. The summed E-state index contributed by atoms with van der Waals surface area (Å²) >= 11 is 0. The predicted octanol–water partition coefficient (Wildman–Crippen LogP) is 5.23. The Kier molecular flexibility index (Phi) is 4.07. The monoisotopic (exact) mass is 403 g/mol. The van der Waals surface area contributed by atoms with Crippen LogP contribution in [0.25, 0.3) is 33.1 Å². The molecule has 0 atom stereocenters. The summed E-state index contributed by atoms with van der Waals surface area (Å²) in [5.74, 6) is -1.18. The van der Waals surface area contributed by atoms with Crippen LogP contribution in [0.2, 0.25) is 0 Å². The van der Waals surface area contributed by atoms with Gasteiger partial charge in [0, 0.05) is 16.3 Å². The number of hydrogen-bond donors (Lipinski definition) is 3. The molecule has 0 spiro atoms. The summed E-state index contributed by atoms with van der Waals surface area (Å²) in [7, 11) is 1.20. The van der Waals surface area contributed by atoms with Crippen molar-refractivity contribution in [2.45, 2.75) is 6.18 Å². The van der Waals surface area contributed by atoms with Gasteiger partial charge in [0.1, 0.15) is 5.69 Å². The number of carbonyl (C=O) groups excluding carboxylic acids is 1. The second kappa shape index (κ2) is 6.36. The molecule has 10 heteroatoms. The molecule has 0 fully saturated rings. The Labute approximate surface area is 160 Å². The lowest BCUT2D eigenvalue weighted by atomic mass is 10.0. The van der Waals surface area contributed by atoms with Crippen molar-refractivity contribution < 1.29 is 27.8 Å². The first kappa shape index (κ1) is 18.5. The van der Waals surface area contributed by atoms with Crippen molar-refractivity contribution in [3.05, 3.63) is 52.4 Å². The number of aromatic hydroxyl groups is 1. The summed E-state index contributed by atoms with van der Waals surface area (Å²) in [6, 6.07) is 7.82. The maximum absolute atomic E-state index is 13.3. The number of nitroso groups, excluding NO2 is 1. The molecule has 4 rings (SSSR count). The van der Waals surface area contributed by atoms with Crippen molar-refractivity contribution in [2.75, 3.05) is 7.11 Å². The molecule has 2 aromatic carbocycles. The van der Waals surface area contributed by atoms with Crippen LogP contribution in [0.1, 0.15) is 15.9 Å². The third kappa shape index (κ3) is 2.80. The fourth-order valence-corrected chi connectivity index (χ4v) is 3.39. The molecule has 4 aromatic rings. The van der Waals surface area contributed by atoms with Gasteiger partial charge >= 0.3 is 12.1 Å². The minimum Gasteiger partial charge on any atom is -0.494 e. The molecule has 0 saturated heterocycles. The van der Waals surface area contributed by atoms with Crippen LogP contribution in [0.4, 0.5) is 18.9 Å². The number of carbonyl (C=O) groups is 1. The fraction of sp³-hybridized carbons (Fsp3) is 0.105. The number of aromatic nitrogens is 2. The van der Waals surface area contributed by atoms with Gasteiger partial charge in [-0.25, -0.2) is 4.79 Å². The minimum absolute atomic E-state index is 0.0279. The molecule has 2 aromatic heterocycles. The highest BCUT2D eigenvalue weighted by molar-refractivity contribution is 6.09. The van der Waals surface area contributed by atoms with Gasteiger partial charge in [-0.15, -0.1) is 4.91 Å². The zero-order chi connectivity index (χ0) is 20.9. The molecule has 0 amide bonds. The van der Waals surface area contributed by atoms with E-state index in [1.165, 1.54) is 37.4 Å². The van der Waals surface area contributed by atoms with Crippen LogP contribution in [0.5, 0.6) is 5.88 Å². The van der Waals surface area contributed by atoms with E-state index in [2.05, 4.69) is 19.9 Å². The molecule has 0 saturated carbocycles. The molecule has 3 N–H and O–H groups in total. The van der Waals surface area contributed by atoms with E-state index in [-0.39, 0.29) is 38.8 Å². The molecule has 7 nitrogen and oxygen atoms in total. The largest absolute Gasteiger partial charge is 0.494 e. The van der Waals surface area contributed by atoms with E-state index in [9.17, 15) is 28.0 Å². The standard InChI is InChI=1S/C19H12F3N3O4/c1-29-18(27)8-5-6-12-10(7-8)15(25-28)16(23-12)13-9-3-2-4-11(19(20,21)22)14(9)24-17(13)26/h2-7,23-24,26H,1H3. The number of ether oxygens (including phenoxy) is 1. The number of fused-ring (bicyclic) bond motifs is 2. The lowest BCUT2D eigenvalue weighted by Gasteiger charge is -2.07. The topological polar surface area (TPSA) is 108 Å². The van der Waals surface area contributed by atoms with E-state index in [0.717, 1.165) is 6.07 Å². The van der Waals surface area contributed by atoms with E-state index in [1.807, 2.05) is 0 Å². The minimum atomic E-state index is -4.64. The SMILES string of the molecule is COC(=O)c1ccc2[nH]c(-c3c(O)[nH]c4c(C(F)(F)F)cccc34)c(N=O)c2c1. The van der Waals surface area contributed by atoms with Crippen LogP contribution in [-0.2, 0) is 10.9 Å². The molecule has 0 aliphatic carbocycles. The number of rotatable bonds is 3. The number of H-pyrrole nitrogens is 2. The van der Waals surface area contributed by atoms with Crippen LogP contribution in [-0.4, -0.2) is 28.2 Å². The molecule has 0 unspecified atom stereocenters. The lowest BCUT2D eigenvalue weighted by Crippen LogP contribution is -2.05. The number of benzene rings is 2. The second-order valence-corrected chi connectivity index (χ2v) is 6.27. The first-order valence-corrected chi connectivity index (χ1v) is 8.25. The zero-order valence-electron chi connectivity index (χ0n) is 14.7. The highest BCUT2D eigenvalue weighted by Crippen LogP contribution is 2.46. The van der Waals surface area contributed by atoms with E-state index >= 15 is 0 Å². The Hall–Kier alpha value is -3.82. The molecule has 0 aliphatic rings. The second-order valence-electron chi connectivity index (χ2n) is 6.27. The van der Waals surface area contributed by atoms with Crippen molar-refractivity contribution in [1.29, 1.82) is 0 Å². The third-order valence-corrected chi connectivity index (χ3v) is 4.65. The fourth-order valence-electron chi connectivity index (χ4n) is 3.39. The van der Waals surface area contributed by atoms with E-state index in [0.29, 0.717) is 5.52 Å². The molecular weight excluding hydrogens is 391 g/mol. The van der Waals surface area contributed by atoms with Crippen LogP contribution < -0.4 is 0 Å². The average molecular weight is 403 g/mol. The van der Waals surface area contributed by atoms with Gasteiger partial charge in [-0.1, -0.05) is 12.1 Å². The summed E-state index contributed by atoms with van der Waals surface area (Å²) in [5.41, 5.74) is -0.864. The first-order chi connectivity index (χ1) is 13.8. The average Bonchev–Trinajstić information content (AvgIpc) is 3.21. The van der Waals surface area contributed by atoms with E-state index < -0.39 is 23.6 Å². The van der Waals surface area contributed by atoms with Crippen LogP contribution in [0.3, 0.4) is 0 Å². The zero-order valence-corrected chi connectivity index (χ0v) is 14.7. The van der Waals surface area contributed by atoms with Crippen molar-refractivity contribution in [3.8, 4) is 17.1 Å². The molecule has 0 radical (unpaired) electrons. The first-order valence-electron chi connectivity index (χ1n) is 8.25. The normalized spacial score (nSPS) is 11.9. The Morgan fingerprint density at radius 1 is 1.14 bits per heavy atom. The number of methoxy groups -OCH3 is 1. The summed E-state index contributed by atoms with van der Waals surface area (Å²) in [6.07, 6.45) is -4.64.